The third kappa shape index (κ3) is 3.04. The van der Waals surface area contributed by atoms with E-state index in [1.165, 1.54) is 0 Å². The van der Waals surface area contributed by atoms with Crippen LogP contribution in [-0.4, -0.2) is 33.2 Å². The highest BCUT2D eigenvalue weighted by atomic mass is 28.4. The summed E-state index contributed by atoms with van der Waals surface area (Å²) in [5.41, 5.74) is 0. The van der Waals surface area contributed by atoms with E-state index in [-0.39, 0.29) is 11.5 Å². The van der Waals surface area contributed by atoms with Gasteiger partial charge in [-0.2, -0.15) is 0 Å². The second-order valence-electron chi connectivity index (χ2n) is 5.83. The van der Waals surface area contributed by atoms with Gasteiger partial charge in [0.15, 0.2) is 8.32 Å². The minimum atomic E-state index is -1.83. The van der Waals surface area contributed by atoms with Crippen molar-refractivity contribution in [1.82, 2.24) is 0 Å². The van der Waals surface area contributed by atoms with Crippen molar-refractivity contribution in [3.63, 3.8) is 0 Å². The molecule has 0 saturated carbocycles. The summed E-state index contributed by atoms with van der Waals surface area (Å²) in [4.78, 5) is 10.9. The Kier molecular flexibility index (Phi) is 3.79. The van der Waals surface area contributed by atoms with Gasteiger partial charge in [-0.3, -0.25) is 0 Å². The molecule has 16 heavy (non-hydrogen) atoms. The molecule has 0 radical (unpaired) electrons. The number of ether oxygens (including phenoxy) is 1. The topological polar surface area (TPSA) is 35.5 Å². The quantitative estimate of drug-likeness (QED) is 0.569. The van der Waals surface area contributed by atoms with Gasteiger partial charge in [0.2, 0.25) is 6.17 Å². The van der Waals surface area contributed by atoms with E-state index in [1.54, 1.807) is 0 Å². The number of carbonyl (C=O) groups is 1. The summed E-state index contributed by atoms with van der Waals surface area (Å²) in [6.07, 6.45) is -1.74. The maximum atomic E-state index is 12.9. The Balaban J connectivity index is 2.44. The summed E-state index contributed by atoms with van der Waals surface area (Å²) in [5, 5.41) is 0.116. The summed E-state index contributed by atoms with van der Waals surface area (Å²) >= 11 is 0. The van der Waals surface area contributed by atoms with Gasteiger partial charge in [-0.15, -0.1) is 0 Å². The monoisotopic (exact) mass is 248 g/mol. The molecule has 0 aromatic carbocycles. The summed E-state index contributed by atoms with van der Waals surface area (Å²) < 4.78 is 23.6. The first-order valence-electron chi connectivity index (χ1n) is 5.62. The summed E-state index contributed by atoms with van der Waals surface area (Å²) in [7, 11) is -1.83. The van der Waals surface area contributed by atoms with Crippen molar-refractivity contribution in [3.05, 3.63) is 0 Å². The van der Waals surface area contributed by atoms with E-state index in [9.17, 15) is 9.18 Å². The zero-order valence-electron chi connectivity index (χ0n) is 10.7. The molecule has 0 unspecified atom stereocenters. The number of hydrogen-bond acceptors (Lipinski definition) is 3. The van der Waals surface area contributed by atoms with Crippen LogP contribution in [0.25, 0.3) is 0 Å². The molecule has 5 heteroatoms. The van der Waals surface area contributed by atoms with E-state index in [2.05, 4.69) is 33.9 Å². The highest BCUT2D eigenvalue weighted by Crippen LogP contribution is 2.37. The molecular formula is C11H21FO3Si. The van der Waals surface area contributed by atoms with Crippen LogP contribution in [0, 0.1) is 0 Å². The highest BCUT2D eigenvalue weighted by Gasteiger charge is 2.40. The first-order chi connectivity index (χ1) is 7.13. The lowest BCUT2D eigenvalue weighted by molar-refractivity contribution is -0.145. The van der Waals surface area contributed by atoms with Crippen LogP contribution in [-0.2, 0) is 14.0 Å². The molecule has 1 fully saturated rings. The van der Waals surface area contributed by atoms with Crippen molar-refractivity contribution in [2.24, 2.45) is 0 Å². The number of cyclic esters (lactones) is 1. The van der Waals surface area contributed by atoms with Gasteiger partial charge in [-0.25, -0.2) is 9.18 Å². The fourth-order valence-electron chi connectivity index (χ4n) is 1.23. The van der Waals surface area contributed by atoms with Crippen molar-refractivity contribution in [2.75, 3.05) is 6.61 Å². The van der Waals surface area contributed by atoms with E-state index in [0.29, 0.717) is 6.61 Å². The zero-order valence-corrected chi connectivity index (χ0v) is 11.7. The molecule has 2 atom stereocenters. The predicted molar refractivity (Wildman–Crippen MR) is 62.5 cm³/mol. The minimum absolute atomic E-state index is 0.116. The molecule has 0 bridgehead atoms. The Morgan fingerprint density at radius 1 is 1.50 bits per heavy atom. The number of alkyl halides is 1. The molecule has 0 N–H and O–H groups in total. The van der Waals surface area contributed by atoms with Crippen LogP contribution in [0.5, 0.6) is 0 Å². The Hall–Kier alpha value is -0.423. The van der Waals surface area contributed by atoms with E-state index < -0.39 is 26.6 Å². The molecule has 1 rings (SSSR count). The summed E-state index contributed by atoms with van der Waals surface area (Å²) in [5.74, 6) is -0.746. The first kappa shape index (κ1) is 13.6. The van der Waals surface area contributed by atoms with Crippen LogP contribution in [0.2, 0.25) is 18.1 Å². The van der Waals surface area contributed by atoms with Crippen LogP contribution in [0.3, 0.4) is 0 Å². The van der Waals surface area contributed by atoms with Gasteiger partial charge in [-0.1, -0.05) is 20.8 Å². The molecular weight excluding hydrogens is 227 g/mol. The number of halogens is 1. The maximum absolute atomic E-state index is 12.9. The smallest absolute Gasteiger partial charge is 0.341 e. The van der Waals surface area contributed by atoms with Gasteiger partial charge in [0.1, 0.15) is 6.10 Å². The average molecular weight is 248 g/mol. The number of rotatable bonds is 3. The van der Waals surface area contributed by atoms with Crippen LogP contribution in [0.1, 0.15) is 27.2 Å². The molecule has 3 nitrogen and oxygen atoms in total. The SMILES string of the molecule is CC(C)(C)[Si](C)(C)OC[C@@H]1C[C@H](F)C(=O)O1. The van der Waals surface area contributed by atoms with Crippen molar-refractivity contribution >= 4 is 14.3 Å². The normalized spacial score (nSPS) is 27.0. The summed E-state index contributed by atoms with van der Waals surface area (Å²) in [6, 6.07) is 0. The highest BCUT2D eigenvalue weighted by molar-refractivity contribution is 6.74. The predicted octanol–water partition coefficient (Wildman–Crippen LogP) is 2.66. The van der Waals surface area contributed by atoms with E-state index in [4.69, 9.17) is 9.16 Å². The van der Waals surface area contributed by atoms with Crippen molar-refractivity contribution < 1.29 is 18.3 Å². The van der Waals surface area contributed by atoms with Crippen LogP contribution < -0.4 is 0 Å². The fraction of sp³-hybridized carbons (Fsp3) is 0.909. The number of carbonyl (C=O) groups excluding carboxylic acids is 1. The van der Waals surface area contributed by atoms with Gasteiger partial charge in [0.05, 0.1) is 6.61 Å². The standard InChI is InChI=1S/C11H21FO3Si/c1-11(2,3)16(4,5)14-7-8-6-9(12)10(13)15-8/h8-9H,6-7H2,1-5H3/t8-,9-/m0/s1. The number of esters is 1. The molecule has 0 spiro atoms. The zero-order chi connectivity index (χ0) is 12.6. The van der Waals surface area contributed by atoms with Gasteiger partial charge in [0.25, 0.3) is 0 Å². The van der Waals surface area contributed by atoms with E-state index in [1.807, 2.05) is 0 Å². The van der Waals surface area contributed by atoms with Gasteiger partial charge >= 0.3 is 5.97 Å². The second kappa shape index (κ2) is 4.45. The molecule has 1 aliphatic heterocycles. The number of hydrogen-bond donors (Lipinski definition) is 0. The molecule has 1 saturated heterocycles. The fourth-order valence-corrected chi connectivity index (χ4v) is 2.27. The molecule has 1 heterocycles. The van der Waals surface area contributed by atoms with E-state index in [0.717, 1.165) is 0 Å². The molecule has 94 valence electrons. The largest absolute Gasteiger partial charge is 0.458 e. The maximum Gasteiger partial charge on any atom is 0.341 e. The third-order valence-corrected chi connectivity index (χ3v) is 7.95. The van der Waals surface area contributed by atoms with Crippen LogP contribution in [0.15, 0.2) is 0 Å². The Morgan fingerprint density at radius 2 is 2.06 bits per heavy atom. The molecule has 0 amide bonds. The minimum Gasteiger partial charge on any atom is -0.458 e. The van der Waals surface area contributed by atoms with Crippen LogP contribution in [0.4, 0.5) is 4.39 Å². The van der Waals surface area contributed by atoms with Crippen molar-refractivity contribution in [3.8, 4) is 0 Å². The Morgan fingerprint density at radius 3 is 2.44 bits per heavy atom. The molecule has 0 aromatic heterocycles. The second-order valence-corrected chi connectivity index (χ2v) is 10.6. The lowest BCUT2D eigenvalue weighted by atomic mass is 10.2. The van der Waals surface area contributed by atoms with Gasteiger partial charge in [-0.05, 0) is 18.1 Å². The molecule has 0 aromatic rings. The first-order valence-corrected chi connectivity index (χ1v) is 8.53. The van der Waals surface area contributed by atoms with Gasteiger partial charge < -0.3 is 9.16 Å². The van der Waals surface area contributed by atoms with E-state index >= 15 is 0 Å². The Bertz CT molecular complexity index is 273. The van der Waals surface area contributed by atoms with Crippen molar-refractivity contribution in [1.29, 1.82) is 0 Å². The lowest BCUT2D eigenvalue weighted by Gasteiger charge is -2.36. The molecule has 0 aliphatic carbocycles. The molecule has 1 aliphatic rings. The Labute approximate surface area is 97.4 Å². The van der Waals surface area contributed by atoms with Gasteiger partial charge in [0, 0.05) is 6.42 Å². The third-order valence-electron chi connectivity index (χ3n) is 3.44. The average Bonchev–Trinajstić information content (AvgIpc) is 2.41. The summed E-state index contributed by atoms with van der Waals surface area (Å²) in [6.45, 7) is 11.0. The van der Waals surface area contributed by atoms with Crippen LogP contribution >= 0.6 is 0 Å². The lowest BCUT2D eigenvalue weighted by Crippen LogP contribution is -2.42. The van der Waals surface area contributed by atoms with Crippen molar-refractivity contribution in [2.45, 2.75) is 57.6 Å².